The fourth-order valence-electron chi connectivity index (χ4n) is 10.0. The molecular weight excluding hydrogens is 944 g/mol. The molecule has 7 atom stereocenters. The van der Waals surface area contributed by atoms with Crippen molar-refractivity contribution in [2.24, 2.45) is 0 Å². The SMILES string of the molecule is Cc1cn([C@H]2C[C@H](O[P+](=O)OC[C@H]3O[C@@H](n4cc(C)c(=O)[nH]c4=O)C[C@@H]3O[Si](c3ccccc3)(c3ccccc3)C(C)(C)C)[C@@H](CO[Si](c3ccccc3)(c3ccccc3)C(C)(C)C)O2)c(=O)[nH]c1=O. The number of hydrogen-bond acceptors (Lipinski definition) is 11. The minimum absolute atomic E-state index is 0.00383. The van der Waals surface area contributed by atoms with Crippen molar-refractivity contribution in [2.45, 2.75) is 115 Å². The molecule has 2 aliphatic rings. The van der Waals surface area contributed by atoms with E-state index in [1.807, 2.05) is 72.8 Å². The van der Waals surface area contributed by atoms with E-state index in [0.717, 1.165) is 20.7 Å². The number of aryl methyl sites for hydroxylation is 2. The summed E-state index contributed by atoms with van der Waals surface area (Å²) in [6.45, 7) is 15.9. The second-order valence-electron chi connectivity index (χ2n) is 20.1. The molecule has 4 heterocycles. The Morgan fingerprint density at radius 2 is 0.943 bits per heavy atom. The molecule has 18 heteroatoms. The first-order valence-electron chi connectivity index (χ1n) is 23.6. The zero-order chi connectivity index (χ0) is 50.0. The van der Waals surface area contributed by atoms with E-state index >= 15 is 0 Å². The van der Waals surface area contributed by atoms with Crippen molar-refractivity contribution in [2.75, 3.05) is 13.2 Å². The highest BCUT2D eigenvalue weighted by molar-refractivity contribution is 7.33. The van der Waals surface area contributed by atoms with Crippen molar-refractivity contribution in [3.8, 4) is 0 Å². The van der Waals surface area contributed by atoms with Crippen LogP contribution in [0.3, 0.4) is 0 Å². The molecule has 4 aromatic carbocycles. The van der Waals surface area contributed by atoms with Gasteiger partial charge in [0.25, 0.3) is 27.8 Å². The van der Waals surface area contributed by atoms with Crippen LogP contribution in [-0.2, 0) is 31.9 Å². The Bertz CT molecular complexity index is 2930. The lowest BCUT2D eigenvalue weighted by Crippen LogP contribution is -2.68. The predicted octanol–water partition coefficient (Wildman–Crippen LogP) is 5.86. The van der Waals surface area contributed by atoms with E-state index in [-0.39, 0.29) is 31.1 Å². The van der Waals surface area contributed by atoms with Gasteiger partial charge in [0, 0.05) is 40.9 Å². The fourth-order valence-corrected chi connectivity index (χ4v) is 20.1. The summed E-state index contributed by atoms with van der Waals surface area (Å²) in [5.41, 5.74) is -1.67. The number of ether oxygens (including phenoxy) is 2. The van der Waals surface area contributed by atoms with Gasteiger partial charge in [-0.3, -0.25) is 28.7 Å². The van der Waals surface area contributed by atoms with Crippen molar-refractivity contribution >= 4 is 45.6 Å². The first-order chi connectivity index (χ1) is 33.3. The summed E-state index contributed by atoms with van der Waals surface area (Å²) in [6.07, 6.45) is -1.90. The molecule has 0 aliphatic carbocycles. The third kappa shape index (κ3) is 10.2. The van der Waals surface area contributed by atoms with Crippen LogP contribution in [0.25, 0.3) is 0 Å². The highest BCUT2D eigenvalue weighted by atomic mass is 31.1. The third-order valence-electron chi connectivity index (χ3n) is 13.5. The molecule has 2 N–H and O–H groups in total. The molecule has 15 nitrogen and oxygen atoms in total. The average molecular weight is 1010 g/mol. The van der Waals surface area contributed by atoms with Crippen LogP contribution < -0.4 is 43.2 Å². The molecule has 0 radical (unpaired) electrons. The van der Waals surface area contributed by atoms with E-state index in [2.05, 4.69) is 100 Å². The maximum Gasteiger partial charge on any atom is 0.697 e. The van der Waals surface area contributed by atoms with Gasteiger partial charge in [0.2, 0.25) is 0 Å². The predicted molar refractivity (Wildman–Crippen MR) is 274 cm³/mol. The quantitative estimate of drug-likeness (QED) is 0.0876. The Balaban J connectivity index is 1.11. The zero-order valence-electron chi connectivity index (χ0n) is 40.8. The third-order valence-corrected chi connectivity index (χ3v) is 24.3. The van der Waals surface area contributed by atoms with Gasteiger partial charge in [-0.15, -0.1) is 9.05 Å². The van der Waals surface area contributed by atoms with E-state index in [9.17, 15) is 23.7 Å². The van der Waals surface area contributed by atoms with Crippen molar-refractivity contribution in [3.63, 3.8) is 0 Å². The van der Waals surface area contributed by atoms with Crippen molar-refractivity contribution < 1.29 is 31.9 Å². The van der Waals surface area contributed by atoms with Crippen molar-refractivity contribution in [1.82, 2.24) is 19.1 Å². The van der Waals surface area contributed by atoms with Gasteiger partial charge in [0.05, 0.1) is 12.7 Å². The molecule has 6 aromatic rings. The number of benzene rings is 4. The number of nitrogens with one attached hydrogen (secondary N) is 2. The summed E-state index contributed by atoms with van der Waals surface area (Å²) in [5, 5.41) is 3.36. The second-order valence-corrected chi connectivity index (χ2v) is 29.6. The maximum absolute atomic E-state index is 14.3. The molecule has 70 heavy (non-hydrogen) atoms. The van der Waals surface area contributed by atoms with E-state index in [1.54, 1.807) is 13.8 Å². The maximum atomic E-state index is 14.3. The second kappa shape index (κ2) is 20.7. The summed E-state index contributed by atoms with van der Waals surface area (Å²) in [4.78, 5) is 56.2. The highest BCUT2D eigenvalue weighted by Crippen LogP contribution is 2.44. The lowest BCUT2D eigenvalue weighted by atomic mass is 10.2. The van der Waals surface area contributed by atoms with Crippen LogP contribution in [0.1, 0.15) is 78.0 Å². The molecule has 0 bridgehead atoms. The molecular formula is C52H62N4O11PSi2+. The largest absolute Gasteiger partial charge is 0.697 e. The summed E-state index contributed by atoms with van der Waals surface area (Å²) in [5.74, 6) is 0. The first kappa shape index (κ1) is 50.9. The first-order valence-corrected chi connectivity index (χ1v) is 28.5. The van der Waals surface area contributed by atoms with Crippen LogP contribution in [-0.4, -0.2) is 73.4 Å². The number of rotatable bonds is 16. The van der Waals surface area contributed by atoms with Gasteiger partial charge < -0.3 is 18.3 Å². The standard InChI is InChI=1S/C52H61N4O11PSi2/c1-35-31-55(49(59)53-47(35)57)45-29-41(44(65-45)34-63-69(51(3,4)5,37-21-13-9-14-22-37)38-23-15-10-16-24-38)66-68(61)62-33-43-42(30-46(64-43)56-32-36(2)48(58)54-50(56)60)67-70(52(6,7)8,39-25-17-11-18-26-39)40-27-19-12-20-28-40/h9-28,31-32,41-46H,29-30,33-34H2,1-8H3,(H-,53,54,57,58,59,60)/p+1/t41-,42-,43+,44+,45+,46+/m0/s1. The number of H-pyrrole nitrogens is 2. The highest BCUT2D eigenvalue weighted by Gasteiger charge is 2.55. The minimum atomic E-state index is -3.22. The van der Waals surface area contributed by atoms with Crippen LogP contribution in [0.15, 0.2) is 153 Å². The molecule has 0 spiro atoms. The van der Waals surface area contributed by atoms with E-state index in [1.165, 1.54) is 21.5 Å². The van der Waals surface area contributed by atoms with Gasteiger partial charge in [0.1, 0.15) is 37.4 Å². The van der Waals surface area contributed by atoms with Crippen LogP contribution >= 0.6 is 8.25 Å². The molecule has 2 aromatic heterocycles. The Hall–Kier alpha value is -5.47. The smallest absolute Gasteiger partial charge is 0.405 e. The summed E-state index contributed by atoms with van der Waals surface area (Å²) < 4.78 is 57.5. The molecule has 0 saturated carbocycles. The van der Waals surface area contributed by atoms with Crippen LogP contribution in [0.4, 0.5) is 0 Å². The molecule has 2 saturated heterocycles. The van der Waals surface area contributed by atoms with Gasteiger partial charge in [-0.05, 0) is 44.7 Å². The summed E-state index contributed by atoms with van der Waals surface area (Å²) in [7, 11) is -9.22. The minimum Gasteiger partial charge on any atom is -0.405 e. The number of hydrogen-bond donors (Lipinski definition) is 2. The van der Waals surface area contributed by atoms with E-state index in [4.69, 9.17) is 27.4 Å². The van der Waals surface area contributed by atoms with Gasteiger partial charge >= 0.3 is 19.6 Å². The summed E-state index contributed by atoms with van der Waals surface area (Å²) in [6, 6.07) is 40.5. The molecule has 2 fully saturated rings. The van der Waals surface area contributed by atoms with Crippen molar-refractivity contribution in [3.05, 3.63) is 187 Å². The van der Waals surface area contributed by atoms with Crippen molar-refractivity contribution in [1.29, 1.82) is 0 Å². The molecule has 0 amide bonds. The Labute approximate surface area is 410 Å². The molecule has 1 unspecified atom stereocenters. The van der Waals surface area contributed by atoms with E-state index in [0.29, 0.717) is 11.1 Å². The fraction of sp³-hybridized carbons (Fsp3) is 0.385. The summed E-state index contributed by atoms with van der Waals surface area (Å²) >= 11 is 0. The van der Waals surface area contributed by atoms with Gasteiger partial charge in [-0.25, -0.2) is 9.59 Å². The lowest BCUT2D eigenvalue weighted by Gasteiger charge is -2.45. The number of aromatic amines is 2. The topological polar surface area (TPSA) is 182 Å². The van der Waals surface area contributed by atoms with Crippen LogP contribution in [0.5, 0.6) is 0 Å². The zero-order valence-corrected chi connectivity index (χ0v) is 43.7. The molecule has 8 rings (SSSR count). The van der Waals surface area contributed by atoms with Gasteiger partial charge in [-0.1, -0.05) is 163 Å². The normalized spacial score (nSPS) is 21.2. The Morgan fingerprint density at radius 3 is 1.34 bits per heavy atom. The number of nitrogens with zero attached hydrogens (tertiary/aromatic N) is 2. The Kier molecular flexibility index (Phi) is 15.1. The molecule has 2 aliphatic heterocycles. The number of aromatic nitrogens is 4. The van der Waals surface area contributed by atoms with Gasteiger partial charge in [0.15, 0.2) is 0 Å². The van der Waals surface area contributed by atoms with E-state index < -0.39 is 89.3 Å². The van der Waals surface area contributed by atoms with Crippen LogP contribution in [0, 0.1) is 13.8 Å². The monoisotopic (exact) mass is 1010 g/mol. The lowest BCUT2D eigenvalue weighted by molar-refractivity contribution is -0.0475. The average Bonchev–Trinajstić information content (AvgIpc) is 3.93. The molecule has 368 valence electrons. The Morgan fingerprint density at radius 1 is 0.571 bits per heavy atom. The van der Waals surface area contributed by atoms with Crippen LogP contribution in [0.2, 0.25) is 10.1 Å². The van der Waals surface area contributed by atoms with Gasteiger partial charge in [-0.2, -0.15) is 0 Å².